The van der Waals surface area contributed by atoms with Crippen LogP contribution in [0.25, 0.3) is 0 Å². The second-order valence-electron chi connectivity index (χ2n) is 4.73. The third-order valence-electron chi connectivity index (χ3n) is 3.48. The number of likely N-dealkylation sites (tertiary alicyclic amines) is 1. The zero-order chi connectivity index (χ0) is 13.0. The summed E-state index contributed by atoms with van der Waals surface area (Å²) in [6.45, 7) is 1.37. The van der Waals surface area contributed by atoms with E-state index in [1.54, 1.807) is 12.1 Å². The van der Waals surface area contributed by atoms with E-state index in [0.29, 0.717) is 12.1 Å². The summed E-state index contributed by atoms with van der Waals surface area (Å²) in [6.07, 6.45) is 4.04. The molecule has 1 aliphatic heterocycles. The Labute approximate surface area is 119 Å². The molecule has 1 atom stereocenters. The third kappa shape index (κ3) is 3.91. The average Bonchev–Trinajstić information content (AvgIpc) is 2.40. The molecule has 0 spiro atoms. The number of rotatable bonds is 3. The fraction of sp³-hybridized carbons (Fsp3) is 0.500. The second-order valence-corrected chi connectivity index (χ2v) is 4.73. The predicted molar refractivity (Wildman–Crippen MR) is 76.0 cm³/mol. The van der Waals surface area contributed by atoms with E-state index in [1.165, 1.54) is 12.1 Å². The van der Waals surface area contributed by atoms with Crippen molar-refractivity contribution in [1.82, 2.24) is 4.90 Å². The summed E-state index contributed by atoms with van der Waals surface area (Å²) in [5.41, 5.74) is 6.15. The van der Waals surface area contributed by atoms with Crippen LogP contribution in [0, 0.1) is 5.82 Å². The lowest BCUT2D eigenvalue weighted by atomic mass is 9.98. The molecule has 1 unspecified atom stereocenters. The number of benzene rings is 1. The van der Waals surface area contributed by atoms with Crippen LogP contribution in [0.4, 0.5) is 4.39 Å². The van der Waals surface area contributed by atoms with Gasteiger partial charge in [0.25, 0.3) is 5.91 Å². The molecule has 0 aliphatic carbocycles. The lowest BCUT2D eigenvalue weighted by molar-refractivity contribution is 0.0605. The summed E-state index contributed by atoms with van der Waals surface area (Å²) >= 11 is 0. The molecule has 0 aromatic heterocycles. The highest BCUT2D eigenvalue weighted by atomic mass is 35.5. The van der Waals surface area contributed by atoms with Crippen LogP contribution in [0.1, 0.15) is 36.0 Å². The van der Waals surface area contributed by atoms with Crippen LogP contribution in [-0.4, -0.2) is 29.9 Å². The minimum atomic E-state index is -0.316. The number of carbonyl (C=O) groups excluding carboxylic acids is 1. The minimum Gasteiger partial charge on any atom is -0.336 e. The van der Waals surface area contributed by atoms with E-state index in [0.717, 1.165) is 32.2 Å². The van der Waals surface area contributed by atoms with Crippen molar-refractivity contribution in [2.75, 3.05) is 13.1 Å². The fourth-order valence-electron chi connectivity index (χ4n) is 2.52. The normalized spacial score (nSPS) is 18.8. The van der Waals surface area contributed by atoms with E-state index in [4.69, 9.17) is 5.73 Å². The number of piperidine rings is 1. The van der Waals surface area contributed by atoms with Gasteiger partial charge < -0.3 is 10.6 Å². The topological polar surface area (TPSA) is 46.3 Å². The van der Waals surface area contributed by atoms with Crippen LogP contribution in [0.3, 0.4) is 0 Å². The Kier molecular flexibility index (Phi) is 6.25. The summed E-state index contributed by atoms with van der Waals surface area (Å²) in [5.74, 6) is -0.322. The van der Waals surface area contributed by atoms with Gasteiger partial charge in [-0.3, -0.25) is 4.79 Å². The summed E-state index contributed by atoms with van der Waals surface area (Å²) in [7, 11) is 0. The molecule has 1 amide bonds. The summed E-state index contributed by atoms with van der Waals surface area (Å²) in [4.78, 5) is 14.3. The molecule has 1 heterocycles. The number of nitrogens with zero attached hydrogens (tertiary/aromatic N) is 1. The molecule has 0 saturated carbocycles. The Morgan fingerprint density at radius 3 is 2.63 bits per heavy atom. The molecule has 5 heteroatoms. The average molecular weight is 287 g/mol. The van der Waals surface area contributed by atoms with E-state index < -0.39 is 0 Å². The van der Waals surface area contributed by atoms with E-state index in [9.17, 15) is 9.18 Å². The number of carbonyl (C=O) groups is 1. The van der Waals surface area contributed by atoms with Crippen molar-refractivity contribution in [1.29, 1.82) is 0 Å². The van der Waals surface area contributed by atoms with Crippen molar-refractivity contribution in [2.45, 2.75) is 31.7 Å². The molecule has 106 valence electrons. The largest absolute Gasteiger partial charge is 0.336 e. The zero-order valence-electron chi connectivity index (χ0n) is 10.8. The summed E-state index contributed by atoms with van der Waals surface area (Å²) in [6, 6.07) is 5.99. The molecule has 1 aromatic carbocycles. The highest BCUT2D eigenvalue weighted by Gasteiger charge is 2.26. The maximum atomic E-state index is 12.8. The first-order valence-corrected chi connectivity index (χ1v) is 6.49. The summed E-state index contributed by atoms with van der Waals surface area (Å²) < 4.78 is 12.8. The maximum Gasteiger partial charge on any atom is 0.254 e. The van der Waals surface area contributed by atoms with Crippen LogP contribution >= 0.6 is 12.4 Å². The van der Waals surface area contributed by atoms with Crippen molar-refractivity contribution in [3.8, 4) is 0 Å². The monoisotopic (exact) mass is 286 g/mol. The number of hydrogen-bond acceptors (Lipinski definition) is 2. The van der Waals surface area contributed by atoms with Gasteiger partial charge in [-0.05, 0) is 56.5 Å². The Morgan fingerprint density at radius 1 is 1.32 bits per heavy atom. The molecule has 0 radical (unpaired) electrons. The molecule has 2 rings (SSSR count). The highest BCUT2D eigenvalue weighted by molar-refractivity contribution is 5.94. The SMILES string of the molecule is Cl.NCCC1CCCCN1C(=O)c1ccc(F)cc1. The van der Waals surface area contributed by atoms with Gasteiger partial charge in [-0.1, -0.05) is 0 Å². The van der Waals surface area contributed by atoms with Crippen LogP contribution in [-0.2, 0) is 0 Å². The Balaban J connectivity index is 0.00000180. The van der Waals surface area contributed by atoms with Gasteiger partial charge in [0, 0.05) is 18.2 Å². The van der Waals surface area contributed by atoms with Gasteiger partial charge in [0.15, 0.2) is 0 Å². The zero-order valence-corrected chi connectivity index (χ0v) is 11.7. The van der Waals surface area contributed by atoms with Crippen molar-refractivity contribution in [3.63, 3.8) is 0 Å². The van der Waals surface area contributed by atoms with Gasteiger partial charge in [-0.15, -0.1) is 12.4 Å². The Morgan fingerprint density at radius 2 is 2.00 bits per heavy atom. The lowest BCUT2D eigenvalue weighted by Crippen LogP contribution is -2.44. The molecule has 1 fully saturated rings. The fourth-order valence-corrected chi connectivity index (χ4v) is 2.52. The quantitative estimate of drug-likeness (QED) is 0.928. The Bertz CT molecular complexity index is 408. The van der Waals surface area contributed by atoms with Crippen molar-refractivity contribution in [3.05, 3.63) is 35.6 Å². The second kappa shape index (κ2) is 7.46. The Hall–Kier alpha value is -1.13. The molecule has 1 aromatic rings. The molecular formula is C14H20ClFN2O. The van der Waals surface area contributed by atoms with Crippen LogP contribution in [0.15, 0.2) is 24.3 Å². The van der Waals surface area contributed by atoms with Gasteiger partial charge >= 0.3 is 0 Å². The number of nitrogens with two attached hydrogens (primary N) is 1. The molecule has 2 N–H and O–H groups in total. The number of halogens is 2. The number of hydrogen-bond donors (Lipinski definition) is 1. The van der Waals surface area contributed by atoms with Crippen LogP contribution in [0.2, 0.25) is 0 Å². The van der Waals surface area contributed by atoms with Crippen LogP contribution < -0.4 is 5.73 Å². The molecule has 3 nitrogen and oxygen atoms in total. The van der Waals surface area contributed by atoms with Gasteiger partial charge in [-0.25, -0.2) is 4.39 Å². The minimum absolute atomic E-state index is 0. The molecule has 0 bridgehead atoms. The van der Waals surface area contributed by atoms with Crippen molar-refractivity contribution in [2.24, 2.45) is 5.73 Å². The predicted octanol–water partition coefficient (Wildman–Crippen LogP) is 2.59. The third-order valence-corrected chi connectivity index (χ3v) is 3.48. The smallest absolute Gasteiger partial charge is 0.254 e. The molecular weight excluding hydrogens is 267 g/mol. The van der Waals surface area contributed by atoms with Crippen molar-refractivity contribution < 1.29 is 9.18 Å². The molecule has 19 heavy (non-hydrogen) atoms. The first-order chi connectivity index (χ1) is 8.72. The van der Waals surface area contributed by atoms with Gasteiger partial charge in [-0.2, -0.15) is 0 Å². The van der Waals surface area contributed by atoms with E-state index in [-0.39, 0.29) is 30.2 Å². The van der Waals surface area contributed by atoms with E-state index >= 15 is 0 Å². The van der Waals surface area contributed by atoms with Gasteiger partial charge in [0.05, 0.1) is 0 Å². The van der Waals surface area contributed by atoms with E-state index in [1.807, 2.05) is 4.90 Å². The first kappa shape index (κ1) is 15.9. The standard InChI is InChI=1S/C14H19FN2O.ClH/c15-12-6-4-11(5-7-12)14(18)17-10-2-1-3-13(17)8-9-16;/h4-7,13H,1-3,8-10,16H2;1H. The maximum absolute atomic E-state index is 12.8. The highest BCUT2D eigenvalue weighted by Crippen LogP contribution is 2.21. The van der Waals surface area contributed by atoms with Gasteiger partial charge in [0.2, 0.25) is 0 Å². The van der Waals surface area contributed by atoms with E-state index in [2.05, 4.69) is 0 Å². The first-order valence-electron chi connectivity index (χ1n) is 6.49. The lowest BCUT2D eigenvalue weighted by Gasteiger charge is -2.35. The molecule has 1 aliphatic rings. The summed E-state index contributed by atoms with van der Waals surface area (Å²) in [5, 5.41) is 0. The van der Waals surface area contributed by atoms with Crippen LogP contribution in [0.5, 0.6) is 0 Å². The van der Waals surface area contributed by atoms with Crippen molar-refractivity contribution >= 4 is 18.3 Å². The van der Waals surface area contributed by atoms with Gasteiger partial charge in [0.1, 0.15) is 5.82 Å². The molecule has 1 saturated heterocycles. The number of amides is 1.